The SMILES string of the molecule is CC(C)C(=O)O.[Bi]. The number of rotatable bonds is 1. The van der Waals surface area contributed by atoms with Crippen molar-refractivity contribution in [3.8, 4) is 0 Å². The summed E-state index contributed by atoms with van der Waals surface area (Å²) in [6.07, 6.45) is 0. The maximum absolute atomic E-state index is 9.70. The van der Waals surface area contributed by atoms with Crippen LogP contribution in [0.15, 0.2) is 0 Å². The minimum atomic E-state index is -0.741. The predicted molar refractivity (Wildman–Crippen MR) is 28.2 cm³/mol. The summed E-state index contributed by atoms with van der Waals surface area (Å²) in [5.41, 5.74) is 0. The zero-order chi connectivity index (χ0) is 5.15. The van der Waals surface area contributed by atoms with E-state index in [1.165, 1.54) is 0 Å². The topological polar surface area (TPSA) is 37.3 Å². The predicted octanol–water partition coefficient (Wildman–Crippen LogP) is 0.346. The van der Waals surface area contributed by atoms with Gasteiger partial charge in [-0.25, -0.2) is 0 Å². The summed E-state index contributed by atoms with van der Waals surface area (Å²) in [6, 6.07) is 0. The van der Waals surface area contributed by atoms with Gasteiger partial charge in [0, 0.05) is 26.2 Å². The van der Waals surface area contributed by atoms with Gasteiger partial charge in [-0.2, -0.15) is 0 Å². The van der Waals surface area contributed by atoms with Gasteiger partial charge in [0.1, 0.15) is 0 Å². The van der Waals surface area contributed by atoms with Crippen LogP contribution in [0.3, 0.4) is 0 Å². The van der Waals surface area contributed by atoms with Crippen LogP contribution in [0, 0.1) is 5.92 Å². The fourth-order valence-corrected chi connectivity index (χ4v) is 0. The number of carbonyl (C=O) groups is 1. The van der Waals surface area contributed by atoms with Crippen molar-refractivity contribution in [2.45, 2.75) is 13.8 Å². The van der Waals surface area contributed by atoms with Crippen molar-refractivity contribution < 1.29 is 9.90 Å². The number of aliphatic carboxylic acids is 1. The van der Waals surface area contributed by atoms with Gasteiger partial charge in [-0.05, 0) is 0 Å². The maximum Gasteiger partial charge on any atom is 0.305 e. The van der Waals surface area contributed by atoms with Crippen LogP contribution in [0.4, 0.5) is 0 Å². The Morgan fingerprint density at radius 3 is 1.71 bits per heavy atom. The molecule has 3 heteroatoms. The third-order valence-corrected chi connectivity index (χ3v) is 0.494. The van der Waals surface area contributed by atoms with Crippen molar-refractivity contribution in [2.75, 3.05) is 0 Å². The van der Waals surface area contributed by atoms with E-state index in [4.69, 9.17) is 5.11 Å². The second-order valence-corrected chi connectivity index (χ2v) is 1.49. The first kappa shape index (κ1) is 10.4. The quantitative estimate of drug-likeness (QED) is 0.709. The molecule has 41 valence electrons. The summed E-state index contributed by atoms with van der Waals surface area (Å²) >= 11 is 0. The molecule has 0 atom stereocenters. The van der Waals surface area contributed by atoms with Gasteiger partial charge in [0.2, 0.25) is 0 Å². The molecule has 0 bridgehead atoms. The molecule has 0 saturated carbocycles. The van der Waals surface area contributed by atoms with E-state index >= 15 is 0 Å². The largest absolute Gasteiger partial charge is 0.481 e. The molecular weight excluding hydrogens is 289 g/mol. The molecule has 2 nitrogen and oxygen atoms in total. The second-order valence-electron chi connectivity index (χ2n) is 1.49. The molecule has 0 aliphatic heterocycles. The van der Waals surface area contributed by atoms with Crippen LogP contribution >= 0.6 is 0 Å². The number of hydrogen-bond acceptors (Lipinski definition) is 1. The molecule has 0 amide bonds. The van der Waals surface area contributed by atoms with E-state index in [2.05, 4.69) is 0 Å². The normalized spacial score (nSPS) is 7.86. The van der Waals surface area contributed by atoms with Crippen molar-refractivity contribution >= 4 is 32.2 Å². The Balaban J connectivity index is 0. The summed E-state index contributed by atoms with van der Waals surface area (Å²) in [4.78, 5) is 9.70. The average molecular weight is 297 g/mol. The van der Waals surface area contributed by atoms with Gasteiger partial charge in [0.05, 0.1) is 5.92 Å². The molecule has 3 radical (unpaired) electrons. The zero-order valence-corrected chi connectivity index (χ0v) is 7.86. The molecule has 0 heterocycles. The molecule has 0 aromatic carbocycles. The molecule has 0 fully saturated rings. The fourth-order valence-electron chi connectivity index (χ4n) is 0. The average Bonchev–Trinajstić information content (AvgIpc) is 1.36. The Kier molecular flexibility index (Phi) is 6.67. The smallest absolute Gasteiger partial charge is 0.305 e. The van der Waals surface area contributed by atoms with Crippen molar-refractivity contribution in [2.24, 2.45) is 5.92 Å². The van der Waals surface area contributed by atoms with E-state index in [9.17, 15) is 4.79 Å². The first-order chi connectivity index (χ1) is 2.64. The van der Waals surface area contributed by atoms with Gasteiger partial charge in [0.25, 0.3) is 0 Å². The molecule has 0 saturated heterocycles. The Morgan fingerprint density at radius 2 is 1.71 bits per heavy atom. The third-order valence-electron chi connectivity index (χ3n) is 0.494. The third kappa shape index (κ3) is 6.35. The van der Waals surface area contributed by atoms with Crippen LogP contribution in [0.5, 0.6) is 0 Å². The second kappa shape index (κ2) is 4.51. The molecule has 0 rings (SSSR count). The maximum atomic E-state index is 9.70. The molecular formula is C4H8BiO2. The first-order valence-corrected chi connectivity index (χ1v) is 1.87. The minimum Gasteiger partial charge on any atom is -0.481 e. The van der Waals surface area contributed by atoms with Crippen LogP contribution in [0.25, 0.3) is 0 Å². The molecule has 0 aliphatic rings. The fraction of sp³-hybridized carbons (Fsp3) is 0.750. The van der Waals surface area contributed by atoms with E-state index in [1.54, 1.807) is 13.8 Å². The van der Waals surface area contributed by atoms with Crippen molar-refractivity contribution in [1.29, 1.82) is 0 Å². The molecule has 0 spiro atoms. The van der Waals surface area contributed by atoms with E-state index < -0.39 is 5.97 Å². The van der Waals surface area contributed by atoms with E-state index in [0.29, 0.717) is 0 Å². The van der Waals surface area contributed by atoms with Gasteiger partial charge >= 0.3 is 5.97 Å². The Labute approximate surface area is 62.0 Å². The molecule has 0 unspecified atom stereocenters. The number of hydrogen-bond donors (Lipinski definition) is 1. The van der Waals surface area contributed by atoms with Crippen molar-refractivity contribution in [3.63, 3.8) is 0 Å². The van der Waals surface area contributed by atoms with E-state index in [-0.39, 0.29) is 32.1 Å². The summed E-state index contributed by atoms with van der Waals surface area (Å²) in [6.45, 7) is 3.28. The van der Waals surface area contributed by atoms with E-state index in [0.717, 1.165) is 0 Å². The van der Waals surface area contributed by atoms with Crippen LogP contribution in [-0.2, 0) is 4.79 Å². The molecule has 0 aromatic rings. The van der Waals surface area contributed by atoms with Gasteiger partial charge in [0.15, 0.2) is 0 Å². The summed E-state index contributed by atoms with van der Waals surface area (Å²) in [5, 5.41) is 7.99. The Bertz CT molecular complexity index is 60.7. The van der Waals surface area contributed by atoms with Gasteiger partial charge in [-0.15, -0.1) is 0 Å². The van der Waals surface area contributed by atoms with Crippen molar-refractivity contribution in [3.05, 3.63) is 0 Å². The van der Waals surface area contributed by atoms with Crippen LogP contribution < -0.4 is 0 Å². The first-order valence-electron chi connectivity index (χ1n) is 1.87. The molecule has 7 heavy (non-hydrogen) atoms. The van der Waals surface area contributed by atoms with Gasteiger partial charge in [-0.1, -0.05) is 13.8 Å². The van der Waals surface area contributed by atoms with Crippen LogP contribution in [-0.4, -0.2) is 37.3 Å². The Hall–Kier alpha value is 0.353. The monoisotopic (exact) mass is 297 g/mol. The van der Waals surface area contributed by atoms with Crippen LogP contribution in [0.2, 0.25) is 0 Å². The summed E-state index contributed by atoms with van der Waals surface area (Å²) in [5.74, 6) is -0.972. The standard InChI is InChI=1S/C4H8O2.Bi/c1-3(2)4(5)6;/h3H,1-2H3,(H,5,6);. The molecule has 0 aliphatic carbocycles. The Morgan fingerprint density at radius 1 is 1.57 bits per heavy atom. The molecule has 1 N–H and O–H groups in total. The number of carboxylic acid groups (broad SMARTS) is 1. The van der Waals surface area contributed by atoms with Gasteiger partial charge < -0.3 is 5.11 Å². The summed E-state index contributed by atoms with van der Waals surface area (Å²) < 4.78 is 0. The summed E-state index contributed by atoms with van der Waals surface area (Å²) in [7, 11) is 0. The van der Waals surface area contributed by atoms with E-state index in [1.807, 2.05) is 0 Å². The minimum absolute atomic E-state index is 0. The van der Waals surface area contributed by atoms with Crippen LogP contribution in [0.1, 0.15) is 13.8 Å². The van der Waals surface area contributed by atoms with Crippen molar-refractivity contribution in [1.82, 2.24) is 0 Å². The molecule has 0 aromatic heterocycles. The zero-order valence-electron chi connectivity index (χ0n) is 4.38. The van der Waals surface area contributed by atoms with Gasteiger partial charge in [-0.3, -0.25) is 4.79 Å². The number of carboxylic acids is 1.